The number of esters is 12. The number of hydrogen-bond acceptors (Lipinski definition) is 47. The van der Waals surface area contributed by atoms with E-state index in [1.54, 1.807) is 48.4 Å². The van der Waals surface area contributed by atoms with Crippen LogP contribution in [-0.4, -0.2) is 364 Å². The summed E-state index contributed by atoms with van der Waals surface area (Å²) in [7, 11) is 0. The molecule has 0 bridgehead atoms. The van der Waals surface area contributed by atoms with Crippen molar-refractivity contribution in [3.63, 3.8) is 0 Å². The van der Waals surface area contributed by atoms with Crippen molar-refractivity contribution in [2.75, 3.05) is 59.4 Å². The zero-order chi connectivity index (χ0) is 110. The molecule has 0 saturated carbocycles. The number of rotatable bonds is 63. The SMILES string of the molecule is CC(=O)N[C@H]1[C@H](OCCCCCn2cc(CN(CCCC[C@@H](C(=O)O)N(Cc3cn(CCCCCOC4O[C@H](COC(C)=O)[C@H](OC(C)=O)[C@H](OC(C)=O)[C@H]4NC(C)=O)nn3)Cc3cn(CCCCCO[C@@H]4O[C@H](COC(C)=O)[C@H](OC(C)=O)[C@H](OC(C)=O)[C@H]4NC(C)=O)nn3)Cc3cn(CCCCCO[C@@H]4O[C@H](COC(C)=O)[C@H](OC(C)=O)[C@H](OC(C)=O)[C@H]4NC(C)=O)nn3)nn2)O[C@H](COC(C)=O)[C@H](OC(C)=O)[C@@H]1OC(C)=O. The number of aryl methyl sites for hydroxylation is 4. The zero-order valence-electron chi connectivity index (χ0n) is 87.4. The van der Waals surface area contributed by atoms with E-state index in [2.05, 4.69) is 67.4 Å². The molecule has 0 aromatic carbocycles. The number of aliphatic carboxylic acids is 1. The van der Waals surface area contributed by atoms with Crippen LogP contribution in [0.1, 0.15) is 230 Å². The second-order valence-corrected chi connectivity index (χ2v) is 36.5. The number of hydrogen-bond donors (Lipinski definition) is 5. The summed E-state index contributed by atoms with van der Waals surface area (Å²) in [5.41, 5.74) is 1.98. The van der Waals surface area contributed by atoms with Crippen LogP contribution in [0.5, 0.6) is 0 Å². The van der Waals surface area contributed by atoms with E-state index in [-0.39, 0.29) is 59.0 Å². The third-order valence-electron chi connectivity index (χ3n) is 23.3. The molecule has 56 nitrogen and oxygen atoms in total. The maximum Gasteiger partial charge on any atom is 0.320 e. The number of amides is 4. The highest BCUT2D eigenvalue weighted by molar-refractivity contribution is 5.77. The summed E-state index contributed by atoms with van der Waals surface area (Å²) in [6.45, 7) is 19.6. The van der Waals surface area contributed by atoms with Gasteiger partial charge in [-0.3, -0.25) is 110 Å². The second-order valence-electron chi connectivity index (χ2n) is 36.5. The van der Waals surface area contributed by atoms with Crippen molar-refractivity contribution in [1.82, 2.24) is 91.0 Å². The van der Waals surface area contributed by atoms with Crippen LogP contribution in [0, 0.1) is 0 Å². The van der Waals surface area contributed by atoms with Crippen LogP contribution < -0.4 is 21.3 Å². The van der Waals surface area contributed by atoms with E-state index < -0.39 is 256 Å². The average Bonchev–Trinajstić information content (AvgIpc) is 0.909. The number of nitrogens with one attached hydrogen (secondary N) is 4. The van der Waals surface area contributed by atoms with E-state index in [9.17, 15) is 86.6 Å². The molecule has 0 spiro atoms. The third-order valence-corrected chi connectivity index (χ3v) is 23.3. The molecule has 4 fully saturated rings. The van der Waals surface area contributed by atoms with Crippen molar-refractivity contribution in [2.24, 2.45) is 0 Å². The van der Waals surface area contributed by atoms with E-state index in [1.807, 2.05) is 0 Å². The first-order chi connectivity index (χ1) is 71.3. The van der Waals surface area contributed by atoms with Gasteiger partial charge in [0.05, 0.1) is 22.8 Å². The number of aromatic nitrogens is 12. The first-order valence-electron chi connectivity index (χ1n) is 49.7. The van der Waals surface area contributed by atoms with Gasteiger partial charge in [-0.25, -0.2) is 0 Å². The number of carbonyl (C=O) groups is 17. The summed E-state index contributed by atoms with van der Waals surface area (Å²) >= 11 is 0. The number of carboxylic acids is 1. The summed E-state index contributed by atoms with van der Waals surface area (Å²) in [5, 5.41) is 57.9. The Morgan fingerprint density at radius 1 is 0.300 bits per heavy atom. The fraction of sp³-hybridized carbons (Fsp3) is 0.734. The van der Waals surface area contributed by atoms with Crippen molar-refractivity contribution in [3.8, 4) is 0 Å². The Balaban J connectivity index is 0.979. The Morgan fingerprint density at radius 2 is 0.527 bits per heavy atom. The van der Waals surface area contributed by atoms with Crippen LogP contribution in [0.3, 0.4) is 0 Å². The molecule has 4 aliphatic heterocycles. The van der Waals surface area contributed by atoms with Gasteiger partial charge < -0.3 is 121 Å². The van der Waals surface area contributed by atoms with E-state index in [0.717, 1.165) is 55.4 Å². The standard InChI is InChI=1S/C94H142N18O38/c1-53(113)95-78-86(143-65(13)125)82(139-61(9)121)74(49-135-57(5)117)147-91(78)131-37-27-17-22-33-109-45-69(99-103-109)41-107(42-70-46-110(104-100-70)34-23-18-28-38-132-92-79(96-54(2)114)87(144-66(14)126)83(140-62(10)122)75(148-92)50-136-58(6)118)32-26-21-31-73(90(129)130)108(43-71-47-111(105-101-71)35-24-19-29-39-133-93-80(97-55(3)115)88(145-67(15)127)84(141-63(11)123)76(149-93)51-137-59(7)119)44-72-48-112(106-102-72)36-25-20-30-40-134-94-81(98-56(4)116)89(146-68(16)128)85(142-64(12)124)77(150-94)52-138-60(8)120/h45-48,73-89,91-94H,17-44,49-52H2,1-16H3,(H,95,113)(H,96,114)(H,97,115)(H,98,116)(H,129,130)/t73-,74+,75+,76+,77+,78+,79+,80+,81+,82-,83-,84-,85-,86+,87+,88+,89+,91+,92+,93+,94?/m0/s1. The molecule has 8 heterocycles. The molecular formula is C94H142N18O38. The number of carbonyl (C=O) groups excluding carboxylic acids is 16. The van der Waals surface area contributed by atoms with Gasteiger partial charge >= 0.3 is 77.6 Å². The van der Waals surface area contributed by atoms with E-state index in [4.69, 9.17) is 94.7 Å². The summed E-state index contributed by atoms with van der Waals surface area (Å²) in [6, 6.07) is -5.82. The molecule has 0 aliphatic carbocycles. The summed E-state index contributed by atoms with van der Waals surface area (Å²) in [5.74, 6) is -12.1. The second kappa shape index (κ2) is 62.7. The summed E-state index contributed by atoms with van der Waals surface area (Å²) in [4.78, 5) is 215. The average molecular weight is 2130 g/mol. The smallest absolute Gasteiger partial charge is 0.320 e. The molecule has 0 radical (unpaired) electrons. The Labute approximate surface area is 865 Å². The van der Waals surface area contributed by atoms with Gasteiger partial charge in [0.2, 0.25) is 23.6 Å². The molecule has 56 heteroatoms. The molecule has 4 saturated heterocycles. The molecule has 4 aromatic rings. The molecule has 4 aromatic heterocycles. The van der Waals surface area contributed by atoms with Gasteiger partial charge in [-0.15, -0.1) is 20.4 Å². The highest BCUT2D eigenvalue weighted by Gasteiger charge is 2.56. The van der Waals surface area contributed by atoms with E-state index in [1.165, 1.54) is 55.4 Å². The van der Waals surface area contributed by atoms with Gasteiger partial charge in [-0.05, 0) is 96.4 Å². The maximum absolute atomic E-state index is 13.9. The number of ether oxygens (including phenoxy) is 20. The highest BCUT2D eigenvalue weighted by atomic mass is 16.7. The molecule has 836 valence electrons. The van der Waals surface area contributed by atoms with Crippen LogP contribution in [0.2, 0.25) is 0 Å². The minimum Gasteiger partial charge on any atom is -0.480 e. The number of unbranched alkanes of at least 4 members (excludes halogenated alkanes) is 9. The number of carboxylic acid groups (broad SMARTS) is 1. The predicted octanol–water partition coefficient (Wildman–Crippen LogP) is 0.753. The molecule has 8 rings (SSSR count). The van der Waals surface area contributed by atoms with Crippen LogP contribution in [-0.2, 0) is 229 Å². The molecule has 21 atom stereocenters. The maximum atomic E-state index is 13.9. The Bertz CT molecular complexity index is 4790. The third kappa shape index (κ3) is 42.9. The predicted molar refractivity (Wildman–Crippen MR) is 504 cm³/mol. The normalized spacial score (nSPS) is 23.7. The molecule has 5 N–H and O–H groups in total. The van der Waals surface area contributed by atoms with Gasteiger partial charge in [-0.1, -0.05) is 27.3 Å². The van der Waals surface area contributed by atoms with Gasteiger partial charge in [0.25, 0.3) is 0 Å². The van der Waals surface area contributed by atoms with Gasteiger partial charge in [0, 0.05) is 214 Å². The van der Waals surface area contributed by atoms with Gasteiger partial charge in [0.1, 0.15) is 81.1 Å². The monoisotopic (exact) mass is 2130 g/mol. The van der Waals surface area contributed by atoms with Crippen molar-refractivity contribution >= 4 is 101 Å². The van der Waals surface area contributed by atoms with Gasteiger partial charge in [0.15, 0.2) is 74.0 Å². The topological polar surface area (TPSA) is 672 Å². The lowest BCUT2D eigenvalue weighted by atomic mass is 9.96. The minimum atomic E-state index is -1.32. The lowest BCUT2D eigenvalue weighted by Crippen LogP contribution is -2.66. The Kier molecular flexibility index (Phi) is 51.1. The van der Waals surface area contributed by atoms with E-state index >= 15 is 0 Å². The van der Waals surface area contributed by atoms with Crippen molar-refractivity contribution in [2.45, 2.75) is 388 Å². The van der Waals surface area contributed by atoms with Crippen LogP contribution >= 0.6 is 0 Å². The first kappa shape index (κ1) is 122. The lowest BCUT2D eigenvalue weighted by molar-refractivity contribution is -0.277. The van der Waals surface area contributed by atoms with Crippen molar-refractivity contribution in [1.29, 1.82) is 0 Å². The largest absolute Gasteiger partial charge is 0.480 e. The zero-order valence-corrected chi connectivity index (χ0v) is 87.4. The van der Waals surface area contributed by atoms with Crippen LogP contribution in [0.25, 0.3) is 0 Å². The molecule has 4 aliphatic rings. The fourth-order valence-electron chi connectivity index (χ4n) is 17.3. The molecule has 4 amide bonds. The summed E-state index contributed by atoms with van der Waals surface area (Å²) in [6.07, 6.45) is -6.15. The van der Waals surface area contributed by atoms with Crippen molar-refractivity contribution < 1.29 is 181 Å². The number of nitrogens with zero attached hydrogens (tertiary/aromatic N) is 14. The van der Waals surface area contributed by atoms with Crippen LogP contribution in [0.15, 0.2) is 24.8 Å². The lowest BCUT2D eigenvalue weighted by Gasteiger charge is -2.44. The molecule has 1 unspecified atom stereocenters. The van der Waals surface area contributed by atoms with Crippen molar-refractivity contribution in [3.05, 3.63) is 47.6 Å². The molecule has 150 heavy (non-hydrogen) atoms. The molecular weight excluding hydrogens is 1990 g/mol. The Morgan fingerprint density at radius 3 is 0.740 bits per heavy atom. The van der Waals surface area contributed by atoms with Gasteiger partial charge in [-0.2, -0.15) is 0 Å². The van der Waals surface area contributed by atoms with Crippen LogP contribution in [0.4, 0.5) is 0 Å². The first-order valence-corrected chi connectivity index (χ1v) is 49.7. The Hall–Kier alpha value is -12.8. The fourth-order valence-corrected chi connectivity index (χ4v) is 17.3. The minimum absolute atomic E-state index is 0.0324. The highest BCUT2D eigenvalue weighted by Crippen LogP contribution is 2.35. The summed E-state index contributed by atoms with van der Waals surface area (Å²) < 4.78 is 121. The van der Waals surface area contributed by atoms with E-state index in [0.29, 0.717) is 145 Å². The quantitative estimate of drug-likeness (QED) is 0.0231.